The lowest BCUT2D eigenvalue weighted by Crippen LogP contribution is -2.28. The lowest BCUT2D eigenvalue weighted by Gasteiger charge is -2.28. The molecule has 1 aromatic rings. The van der Waals surface area contributed by atoms with Crippen molar-refractivity contribution in [2.24, 2.45) is 11.8 Å². The molecule has 2 nitrogen and oxygen atoms in total. The third kappa shape index (κ3) is 5.54. The first-order valence-corrected chi connectivity index (χ1v) is 7.89. The predicted octanol–water partition coefficient (Wildman–Crippen LogP) is 4.39. The lowest BCUT2D eigenvalue weighted by atomic mass is 10.0. The van der Waals surface area contributed by atoms with Crippen LogP contribution in [0.1, 0.15) is 51.7 Å². The molecule has 0 aliphatic heterocycles. The number of aryl methyl sites for hydroxylation is 1. The van der Waals surface area contributed by atoms with Crippen LogP contribution in [0.5, 0.6) is 0 Å². The molecule has 1 N–H and O–H groups in total. The third-order valence-corrected chi connectivity index (χ3v) is 3.70. The van der Waals surface area contributed by atoms with Crippen molar-refractivity contribution in [3.05, 3.63) is 29.3 Å². The van der Waals surface area contributed by atoms with Crippen LogP contribution in [-0.2, 0) is 6.61 Å². The predicted molar refractivity (Wildman–Crippen MR) is 88.2 cm³/mol. The van der Waals surface area contributed by atoms with Gasteiger partial charge in [0.15, 0.2) is 0 Å². The monoisotopic (exact) mass is 277 g/mol. The second-order valence-electron chi connectivity index (χ2n) is 6.64. The zero-order valence-corrected chi connectivity index (χ0v) is 13.8. The van der Waals surface area contributed by atoms with Crippen LogP contribution in [0.25, 0.3) is 0 Å². The van der Waals surface area contributed by atoms with Crippen LogP contribution >= 0.6 is 0 Å². The molecule has 2 heteroatoms. The molecule has 0 aliphatic rings. The van der Waals surface area contributed by atoms with E-state index in [9.17, 15) is 5.11 Å². The quantitative estimate of drug-likeness (QED) is 0.762. The summed E-state index contributed by atoms with van der Waals surface area (Å²) in [6.07, 6.45) is 2.38. The standard InChI is InChI=1S/C18H31NO/c1-14(2)8-10-19(11-9-15(3)4)18-7-6-16(5)12-17(18)13-20/h6-7,12,14-15,20H,8-11,13H2,1-5H3. The van der Waals surface area contributed by atoms with E-state index < -0.39 is 0 Å². The molecule has 0 spiro atoms. The number of aliphatic hydroxyl groups excluding tert-OH is 1. The molecular formula is C18H31NO. The Morgan fingerprint density at radius 3 is 2.00 bits per heavy atom. The molecule has 0 radical (unpaired) electrons. The molecule has 0 fully saturated rings. The maximum absolute atomic E-state index is 9.62. The number of hydrogen-bond acceptors (Lipinski definition) is 2. The summed E-state index contributed by atoms with van der Waals surface area (Å²) in [5.74, 6) is 1.42. The minimum Gasteiger partial charge on any atom is -0.392 e. The lowest BCUT2D eigenvalue weighted by molar-refractivity contribution is 0.282. The Morgan fingerprint density at radius 2 is 1.55 bits per heavy atom. The first-order valence-electron chi connectivity index (χ1n) is 7.89. The van der Waals surface area contributed by atoms with E-state index in [-0.39, 0.29) is 6.61 Å². The van der Waals surface area contributed by atoms with E-state index in [4.69, 9.17) is 0 Å². The number of aliphatic hydroxyl groups is 1. The van der Waals surface area contributed by atoms with Gasteiger partial charge in [0.2, 0.25) is 0 Å². The minimum absolute atomic E-state index is 0.122. The van der Waals surface area contributed by atoms with Gasteiger partial charge in [0.1, 0.15) is 0 Å². The Labute approximate surface area is 124 Å². The fraction of sp³-hybridized carbons (Fsp3) is 0.667. The van der Waals surface area contributed by atoms with Gasteiger partial charge in [0.05, 0.1) is 6.61 Å². The number of anilines is 1. The summed E-state index contributed by atoms with van der Waals surface area (Å²) in [4.78, 5) is 2.45. The van der Waals surface area contributed by atoms with Crippen molar-refractivity contribution in [3.63, 3.8) is 0 Å². The molecule has 0 saturated carbocycles. The second-order valence-corrected chi connectivity index (χ2v) is 6.64. The highest BCUT2D eigenvalue weighted by Crippen LogP contribution is 2.24. The van der Waals surface area contributed by atoms with Gasteiger partial charge in [-0.25, -0.2) is 0 Å². The van der Waals surface area contributed by atoms with Crippen LogP contribution < -0.4 is 4.90 Å². The largest absolute Gasteiger partial charge is 0.392 e. The van der Waals surface area contributed by atoms with Crippen LogP contribution in [0.3, 0.4) is 0 Å². The highest BCUT2D eigenvalue weighted by Gasteiger charge is 2.12. The smallest absolute Gasteiger partial charge is 0.0702 e. The minimum atomic E-state index is 0.122. The van der Waals surface area contributed by atoms with Gasteiger partial charge in [-0.05, 0) is 37.7 Å². The fourth-order valence-electron chi connectivity index (χ4n) is 2.33. The Balaban J connectivity index is 2.89. The Hall–Kier alpha value is -1.02. The van der Waals surface area contributed by atoms with Crippen LogP contribution in [0.2, 0.25) is 0 Å². The zero-order valence-electron chi connectivity index (χ0n) is 13.8. The van der Waals surface area contributed by atoms with Crippen molar-refractivity contribution < 1.29 is 5.11 Å². The van der Waals surface area contributed by atoms with Crippen molar-refractivity contribution in [2.45, 2.75) is 54.1 Å². The first-order chi connectivity index (χ1) is 9.43. The first kappa shape index (κ1) is 17.0. The molecule has 0 aliphatic carbocycles. The fourth-order valence-corrected chi connectivity index (χ4v) is 2.33. The molecule has 0 heterocycles. The van der Waals surface area contributed by atoms with Gasteiger partial charge in [-0.3, -0.25) is 0 Å². The highest BCUT2D eigenvalue weighted by molar-refractivity contribution is 5.54. The van der Waals surface area contributed by atoms with Gasteiger partial charge >= 0.3 is 0 Å². The van der Waals surface area contributed by atoms with E-state index in [0.29, 0.717) is 11.8 Å². The van der Waals surface area contributed by atoms with Crippen molar-refractivity contribution in [1.82, 2.24) is 0 Å². The maximum atomic E-state index is 9.62. The third-order valence-electron chi connectivity index (χ3n) is 3.70. The second kappa shape index (κ2) is 8.31. The van der Waals surface area contributed by atoms with Crippen LogP contribution in [-0.4, -0.2) is 18.2 Å². The molecule has 0 amide bonds. The van der Waals surface area contributed by atoms with E-state index >= 15 is 0 Å². The topological polar surface area (TPSA) is 23.5 Å². The zero-order chi connectivity index (χ0) is 15.1. The van der Waals surface area contributed by atoms with Gasteiger partial charge < -0.3 is 10.0 Å². The average Bonchev–Trinajstić information content (AvgIpc) is 2.38. The normalized spacial score (nSPS) is 11.4. The Kier molecular flexibility index (Phi) is 7.08. The SMILES string of the molecule is Cc1ccc(N(CCC(C)C)CCC(C)C)c(CO)c1. The van der Waals surface area contributed by atoms with Crippen molar-refractivity contribution >= 4 is 5.69 Å². The van der Waals surface area contributed by atoms with E-state index in [1.165, 1.54) is 24.1 Å². The van der Waals surface area contributed by atoms with E-state index in [0.717, 1.165) is 18.7 Å². The molecular weight excluding hydrogens is 246 g/mol. The highest BCUT2D eigenvalue weighted by atomic mass is 16.3. The van der Waals surface area contributed by atoms with Gasteiger partial charge in [-0.15, -0.1) is 0 Å². The van der Waals surface area contributed by atoms with E-state index in [1.54, 1.807) is 0 Å². The molecule has 0 unspecified atom stereocenters. The van der Waals surface area contributed by atoms with Gasteiger partial charge in [0.25, 0.3) is 0 Å². The van der Waals surface area contributed by atoms with E-state index in [1.807, 2.05) is 0 Å². The average molecular weight is 277 g/mol. The number of rotatable bonds is 8. The molecule has 0 bridgehead atoms. The maximum Gasteiger partial charge on any atom is 0.0702 e. The molecule has 1 rings (SSSR count). The van der Waals surface area contributed by atoms with E-state index in [2.05, 4.69) is 57.7 Å². The summed E-state index contributed by atoms with van der Waals surface area (Å²) >= 11 is 0. The number of nitrogens with zero attached hydrogens (tertiary/aromatic N) is 1. The number of hydrogen-bond donors (Lipinski definition) is 1. The van der Waals surface area contributed by atoms with Crippen molar-refractivity contribution in [2.75, 3.05) is 18.0 Å². The summed E-state index contributed by atoms with van der Waals surface area (Å²) in [6, 6.07) is 6.42. The van der Waals surface area contributed by atoms with Gasteiger partial charge in [-0.1, -0.05) is 45.4 Å². The summed E-state index contributed by atoms with van der Waals surface area (Å²) in [6.45, 7) is 13.4. The molecule has 0 aromatic heterocycles. The summed E-state index contributed by atoms with van der Waals surface area (Å²) in [5, 5.41) is 9.62. The van der Waals surface area contributed by atoms with Crippen LogP contribution in [0.4, 0.5) is 5.69 Å². The van der Waals surface area contributed by atoms with Crippen molar-refractivity contribution in [1.29, 1.82) is 0 Å². The molecule has 20 heavy (non-hydrogen) atoms. The van der Waals surface area contributed by atoms with Gasteiger partial charge in [0, 0.05) is 24.3 Å². The Morgan fingerprint density at radius 1 is 1.00 bits per heavy atom. The summed E-state index contributed by atoms with van der Waals surface area (Å²) in [7, 11) is 0. The van der Waals surface area contributed by atoms with Crippen LogP contribution in [0.15, 0.2) is 18.2 Å². The molecule has 1 aromatic carbocycles. The Bertz CT molecular complexity index is 386. The van der Waals surface area contributed by atoms with Crippen LogP contribution in [0, 0.1) is 18.8 Å². The summed E-state index contributed by atoms with van der Waals surface area (Å²) in [5.41, 5.74) is 3.47. The molecule has 0 atom stereocenters. The number of benzene rings is 1. The molecule has 114 valence electrons. The molecule has 0 saturated heterocycles. The summed E-state index contributed by atoms with van der Waals surface area (Å²) < 4.78 is 0. The van der Waals surface area contributed by atoms with Crippen molar-refractivity contribution in [3.8, 4) is 0 Å². The van der Waals surface area contributed by atoms with Gasteiger partial charge in [-0.2, -0.15) is 0 Å².